The summed E-state index contributed by atoms with van der Waals surface area (Å²) in [6.45, 7) is 2.52. The number of aromatic amines is 2. The summed E-state index contributed by atoms with van der Waals surface area (Å²) in [5.41, 5.74) is 2.43. The lowest BCUT2D eigenvalue weighted by atomic mass is 10.3. The maximum Gasteiger partial charge on any atom is 0.215 e. The number of rotatable bonds is 3. The second-order valence-corrected chi connectivity index (χ2v) is 3.53. The lowest BCUT2D eigenvalue weighted by Crippen LogP contribution is -1.93. The van der Waals surface area contributed by atoms with Crippen molar-refractivity contribution in [2.24, 2.45) is 0 Å². The number of fused-ring (bicyclic) bond motifs is 1. The molecule has 0 aliphatic heterocycles. The maximum atomic E-state index is 5.33. The summed E-state index contributed by atoms with van der Waals surface area (Å²) in [4.78, 5) is 11.9. The zero-order valence-corrected chi connectivity index (χ0v) is 9.27. The highest BCUT2D eigenvalue weighted by Crippen LogP contribution is 2.20. The SMILES string of the molecule is CCOc1ccc2[nH]c(-c3cn[nH]c3)nc2n1. The number of nitrogens with zero attached hydrogens (tertiary/aromatic N) is 3. The molecule has 0 atom stereocenters. The largest absolute Gasteiger partial charge is 0.478 e. The predicted octanol–water partition coefficient (Wildman–Crippen LogP) is 1.75. The second kappa shape index (κ2) is 3.89. The van der Waals surface area contributed by atoms with Crippen LogP contribution in [0.5, 0.6) is 5.88 Å². The summed E-state index contributed by atoms with van der Waals surface area (Å²) in [6, 6.07) is 3.73. The minimum atomic E-state index is 0.588. The van der Waals surface area contributed by atoms with Gasteiger partial charge < -0.3 is 9.72 Å². The van der Waals surface area contributed by atoms with Crippen molar-refractivity contribution in [2.75, 3.05) is 6.61 Å². The van der Waals surface area contributed by atoms with Gasteiger partial charge in [-0.2, -0.15) is 10.1 Å². The van der Waals surface area contributed by atoms with E-state index in [4.69, 9.17) is 4.74 Å². The Kier molecular flexibility index (Phi) is 2.25. The molecule has 0 unspecified atom stereocenters. The molecule has 0 aliphatic rings. The summed E-state index contributed by atoms with van der Waals surface area (Å²) in [5, 5.41) is 6.63. The van der Waals surface area contributed by atoms with Crippen molar-refractivity contribution in [1.82, 2.24) is 25.1 Å². The molecule has 0 saturated carbocycles. The van der Waals surface area contributed by atoms with Crippen molar-refractivity contribution < 1.29 is 4.74 Å². The van der Waals surface area contributed by atoms with Crippen LogP contribution in [0.3, 0.4) is 0 Å². The van der Waals surface area contributed by atoms with Gasteiger partial charge in [0.2, 0.25) is 5.88 Å². The summed E-state index contributed by atoms with van der Waals surface area (Å²) in [5.74, 6) is 1.33. The van der Waals surface area contributed by atoms with Gasteiger partial charge in [0.1, 0.15) is 5.82 Å². The number of H-pyrrole nitrogens is 2. The van der Waals surface area contributed by atoms with Crippen LogP contribution in [-0.2, 0) is 0 Å². The average Bonchev–Trinajstić information content (AvgIpc) is 2.97. The molecule has 3 aromatic heterocycles. The van der Waals surface area contributed by atoms with Gasteiger partial charge in [0.15, 0.2) is 5.65 Å². The Morgan fingerprint density at radius 2 is 2.24 bits per heavy atom. The van der Waals surface area contributed by atoms with Crippen LogP contribution in [0.2, 0.25) is 0 Å². The number of hydrogen-bond acceptors (Lipinski definition) is 4. The Morgan fingerprint density at radius 3 is 3.00 bits per heavy atom. The summed E-state index contributed by atoms with van der Waals surface area (Å²) >= 11 is 0. The number of aromatic nitrogens is 5. The molecular formula is C11H11N5O. The molecule has 0 fully saturated rings. The molecule has 3 aromatic rings. The van der Waals surface area contributed by atoms with Crippen LogP contribution in [0.1, 0.15) is 6.92 Å². The molecule has 0 amide bonds. The number of hydrogen-bond donors (Lipinski definition) is 2. The quantitative estimate of drug-likeness (QED) is 0.717. The first-order chi connectivity index (χ1) is 8.36. The molecule has 2 N–H and O–H groups in total. The number of ether oxygens (including phenoxy) is 1. The molecule has 86 valence electrons. The molecule has 6 nitrogen and oxygen atoms in total. The van der Waals surface area contributed by atoms with Gasteiger partial charge in [0.25, 0.3) is 0 Å². The molecular weight excluding hydrogens is 218 g/mol. The van der Waals surface area contributed by atoms with E-state index in [1.807, 2.05) is 19.1 Å². The van der Waals surface area contributed by atoms with Crippen LogP contribution in [0.15, 0.2) is 24.5 Å². The molecule has 6 heteroatoms. The molecule has 17 heavy (non-hydrogen) atoms. The molecule has 3 rings (SSSR count). The molecule has 0 spiro atoms. The van der Waals surface area contributed by atoms with E-state index in [-0.39, 0.29) is 0 Å². The van der Waals surface area contributed by atoms with Crippen LogP contribution >= 0.6 is 0 Å². The fraction of sp³-hybridized carbons (Fsp3) is 0.182. The Morgan fingerprint density at radius 1 is 1.29 bits per heavy atom. The molecule has 0 saturated heterocycles. The van der Waals surface area contributed by atoms with E-state index in [1.165, 1.54) is 0 Å². The van der Waals surface area contributed by atoms with Crippen LogP contribution in [0.4, 0.5) is 0 Å². The molecule has 0 radical (unpaired) electrons. The van der Waals surface area contributed by atoms with E-state index < -0.39 is 0 Å². The molecule has 0 aliphatic carbocycles. The van der Waals surface area contributed by atoms with E-state index in [2.05, 4.69) is 25.1 Å². The Hall–Kier alpha value is -2.37. The van der Waals surface area contributed by atoms with Gasteiger partial charge in [-0.15, -0.1) is 0 Å². The van der Waals surface area contributed by atoms with E-state index in [1.54, 1.807) is 12.4 Å². The van der Waals surface area contributed by atoms with Crippen molar-refractivity contribution in [1.29, 1.82) is 0 Å². The van der Waals surface area contributed by atoms with Crippen LogP contribution < -0.4 is 4.74 Å². The van der Waals surface area contributed by atoms with Gasteiger partial charge in [-0.25, -0.2) is 4.98 Å². The van der Waals surface area contributed by atoms with E-state index in [0.717, 1.165) is 16.9 Å². The van der Waals surface area contributed by atoms with Gasteiger partial charge >= 0.3 is 0 Å². The van der Waals surface area contributed by atoms with Crippen molar-refractivity contribution in [3.8, 4) is 17.3 Å². The van der Waals surface area contributed by atoms with Crippen molar-refractivity contribution in [3.05, 3.63) is 24.5 Å². The number of pyridine rings is 1. The average molecular weight is 229 g/mol. The molecule has 3 heterocycles. The maximum absolute atomic E-state index is 5.33. The van der Waals surface area contributed by atoms with Crippen molar-refractivity contribution >= 4 is 11.2 Å². The van der Waals surface area contributed by atoms with Gasteiger partial charge in [-0.1, -0.05) is 0 Å². The lowest BCUT2D eigenvalue weighted by Gasteiger charge is -1.99. The fourth-order valence-corrected chi connectivity index (χ4v) is 1.62. The monoisotopic (exact) mass is 229 g/mol. The van der Waals surface area contributed by atoms with Crippen LogP contribution in [-0.4, -0.2) is 31.8 Å². The first kappa shape index (κ1) is 9.83. The van der Waals surface area contributed by atoms with Crippen LogP contribution in [0, 0.1) is 0 Å². The van der Waals surface area contributed by atoms with E-state index >= 15 is 0 Å². The minimum Gasteiger partial charge on any atom is -0.478 e. The third-order valence-electron chi connectivity index (χ3n) is 2.38. The second-order valence-electron chi connectivity index (χ2n) is 3.53. The lowest BCUT2D eigenvalue weighted by molar-refractivity contribution is 0.328. The third kappa shape index (κ3) is 1.73. The third-order valence-corrected chi connectivity index (χ3v) is 2.38. The molecule has 0 bridgehead atoms. The van der Waals surface area contributed by atoms with Crippen LogP contribution in [0.25, 0.3) is 22.6 Å². The number of nitrogens with one attached hydrogen (secondary N) is 2. The summed E-state index contributed by atoms with van der Waals surface area (Å²) in [6.07, 6.45) is 3.49. The zero-order valence-electron chi connectivity index (χ0n) is 9.27. The highest BCUT2D eigenvalue weighted by molar-refractivity contribution is 5.76. The summed E-state index contributed by atoms with van der Waals surface area (Å²) < 4.78 is 5.33. The summed E-state index contributed by atoms with van der Waals surface area (Å²) in [7, 11) is 0. The zero-order chi connectivity index (χ0) is 11.7. The molecule has 0 aromatic carbocycles. The Balaban J connectivity index is 2.07. The first-order valence-electron chi connectivity index (χ1n) is 5.35. The minimum absolute atomic E-state index is 0.588. The van der Waals surface area contributed by atoms with Gasteiger partial charge in [0.05, 0.1) is 23.9 Å². The highest BCUT2D eigenvalue weighted by Gasteiger charge is 2.07. The predicted molar refractivity (Wildman–Crippen MR) is 62.6 cm³/mol. The van der Waals surface area contributed by atoms with E-state index in [0.29, 0.717) is 18.1 Å². The van der Waals surface area contributed by atoms with Gasteiger partial charge in [-0.3, -0.25) is 5.10 Å². The Bertz CT molecular complexity index is 628. The van der Waals surface area contributed by atoms with Crippen molar-refractivity contribution in [3.63, 3.8) is 0 Å². The smallest absolute Gasteiger partial charge is 0.215 e. The fourth-order valence-electron chi connectivity index (χ4n) is 1.62. The number of imidazole rings is 1. The van der Waals surface area contributed by atoms with E-state index in [9.17, 15) is 0 Å². The normalized spacial score (nSPS) is 10.9. The highest BCUT2D eigenvalue weighted by atomic mass is 16.5. The van der Waals surface area contributed by atoms with Gasteiger partial charge in [0, 0.05) is 12.3 Å². The van der Waals surface area contributed by atoms with Crippen molar-refractivity contribution in [2.45, 2.75) is 6.92 Å². The first-order valence-corrected chi connectivity index (χ1v) is 5.35. The topological polar surface area (TPSA) is 79.5 Å². The Labute approximate surface area is 97.1 Å². The standard InChI is InChI=1S/C11H11N5O/c1-2-17-9-4-3-8-11(15-9)16-10(14-8)7-5-12-13-6-7/h3-6H,2H2,1H3,(H,12,13)(H,14,15,16). The van der Waals surface area contributed by atoms with Gasteiger partial charge in [-0.05, 0) is 13.0 Å².